The first kappa shape index (κ1) is 13.7. The highest BCUT2D eigenvalue weighted by Crippen LogP contribution is 2.18. The molecule has 19 heavy (non-hydrogen) atoms. The van der Waals surface area contributed by atoms with Crippen LogP contribution >= 0.6 is 0 Å². The smallest absolute Gasteiger partial charge is 0.173 e. The fourth-order valence-corrected chi connectivity index (χ4v) is 2.04. The first-order chi connectivity index (χ1) is 9.13. The number of hydrogen-bond acceptors (Lipinski definition) is 4. The zero-order valence-corrected chi connectivity index (χ0v) is 12.0. The maximum absolute atomic E-state index is 4.16. The van der Waals surface area contributed by atoms with Crippen molar-refractivity contribution in [2.45, 2.75) is 40.2 Å². The quantitative estimate of drug-likeness (QED) is 0.895. The monoisotopic (exact) mass is 259 g/mol. The third kappa shape index (κ3) is 2.98. The molecule has 0 bridgehead atoms. The predicted octanol–water partition coefficient (Wildman–Crippen LogP) is 2.34. The maximum atomic E-state index is 4.16. The van der Waals surface area contributed by atoms with E-state index in [0.29, 0.717) is 0 Å². The van der Waals surface area contributed by atoms with Gasteiger partial charge in [0.15, 0.2) is 5.82 Å². The van der Waals surface area contributed by atoms with Gasteiger partial charge < -0.3 is 5.32 Å². The summed E-state index contributed by atoms with van der Waals surface area (Å²) in [7, 11) is 0. The van der Waals surface area contributed by atoms with Gasteiger partial charge in [-0.15, -0.1) is 5.10 Å². The molecule has 0 saturated carbocycles. The lowest BCUT2D eigenvalue weighted by atomic mass is 10.1. The van der Waals surface area contributed by atoms with Gasteiger partial charge in [0.05, 0.1) is 11.7 Å². The van der Waals surface area contributed by atoms with E-state index in [2.05, 4.69) is 66.7 Å². The van der Waals surface area contributed by atoms with E-state index in [1.165, 1.54) is 11.1 Å². The van der Waals surface area contributed by atoms with Crippen molar-refractivity contribution in [2.75, 3.05) is 6.54 Å². The molecule has 1 N–H and O–H groups in total. The molecule has 0 aliphatic heterocycles. The zero-order chi connectivity index (χ0) is 13.8. The summed E-state index contributed by atoms with van der Waals surface area (Å²) in [5, 5.41) is 15.5. The Kier molecular flexibility index (Phi) is 4.27. The van der Waals surface area contributed by atoms with Crippen LogP contribution in [0.1, 0.15) is 43.3 Å². The fraction of sp³-hybridized carbons (Fsp3) is 0.500. The van der Waals surface area contributed by atoms with Gasteiger partial charge in [0, 0.05) is 0 Å². The van der Waals surface area contributed by atoms with Crippen molar-refractivity contribution in [1.29, 1.82) is 0 Å². The van der Waals surface area contributed by atoms with E-state index in [0.717, 1.165) is 24.5 Å². The minimum Gasteiger partial charge on any atom is -0.307 e. The Morgan fingerprint density at radius 2 is 2.11 bits per heavy atom. The van der Waals surface area contributed by atoms with Crippen LogP contribution in [0.25, 0.3) is 5.69 Å². The summed E-state index contributed by atoms with van der Waals surface area (Å²) in [5.74, 6) is 0.849. The van der Waals surface area contributed by atoms with Crippen LogP contribution in [0.4, 0.5) is 0 Å². The lowest BCUT2D eigenvalue weighted by Gasteiger charge is -2.14. The molecule has 102 valence electrons. The molecule has 1 aromatic heterocycles. The predicted molar refractivity (Wildman–Crippen MR) is 75.3 cm³/mol. The molecule has 0 fully saturated rings. The van der Waals surface area contributed by atoms with Crippen molar-refractivity contribution in [3.63, 3.8) is 0 Å². The second kappa shape index (κ2) is 5.93. The largest absolute Gasteiger partial charge is 0.307 e. The van der Waals surface area contributed by atoms with Crippen molar-refractivity contribution in [2.24, 2.45) is 0 Å². The summed E-state index contributed by atoms with van der Waals surface area (Å²) in [4.78, 5) is 0. The second-order valence-electron chi connectivity index (χ2n) is 4.91. The lowest BCUT2D eigenvalue weighted by Crippen LogP contribution is -2.23. The number of nitrogens with zero attached hydrogens (tertiary/aromatic N) is 4. The number of tetrazole rings is 1. The highest BCUT2D eigenvalue weighted by atomic mass is 15.5. The molecule has 1 unspecified atom stereocenters. The normalized spacial score (nSPS) is 12.6. The maximum Gasteiger partial charge on any atom is 0.173 e. The molecule has 0 aliphatic rings. The van der Waals surface area contributed by atoms with Gasteiger partial charge >= 0.3 is 0 Å². The van der Waals surface area contributed by atoms with E-state index in [4.69, 9.17) is 0 Å². The molecule has 0 amide bonds. The topological polar surface area (TPSA) is 55.6 Å². The average molecular weight is 259 g/mol. The molecule has 2 rings (SSSR count). The molecule has 5 nitrogen and oxygen atoms in total. The highest BCUT2D eigenvalue weighted by Gasteiger charge is 2.16. The summed E-state index contributed by atoms with van der Waals surface area (Å²) >= 11 is 0. The van der Waals surface area contributed by atoms with Crippen LogP contribution < -0.4 is 5.32 Å². The Labute approximate surface area is 114 Å². The van der Waals surface area contributed by atoms with Gasteiger partial charge in [-0.25, -0.2) is 0 Å². The van der Waals surface area contributed by atoms with Crippen molar-refractivity contribution in [1.82, 2.24) is 25.5 Å². The number of rotatable bonds is 5. The Balaban J connectivity index is 2.35. The SMILES string of the molecule is CCCNC(C)c1nnnn1-c1cc(C)ccc1C. The molecule has 0 saturated heterocycles. The molecule has 1 heterocycles. The Bertz CT molecular complexity index is 547. The minimum absolute atomic E-state index is 0.134. The average Bonchev–Trinajstić information content (AvgIpc) is 2.88. The molecular formula is C14H21N5. The van der Waals surface area contributed by atoms with Gasteiger partial charge in [-0.3, -0.25) is 0 Å². The van der Waals surface area contributed by atoms with E-state index in [1.807, 2.05) is 4.68 Å². The van der Waals surface area contributed by atoms with E-state index in [1.54, 1.807) is 0 Å². The van der Waals surface area contributed by atoms with E-state index < -0.39 is 0 Å². The number of hydrogen-bond donors (Lipinski definition) is 1. The van der Waals surface area contributed by atoms with Crippen LogP contribution in [0, 0.1) is 13.8 Å². The molecule has 5 heteroatoms. The van der Waals surface area contributed by atoms with E-state index in [-0.39, 0.29) is 6.04 Å². The first-order valence-corrected chi connectivity index (χ1v) is 6.72. The second-order valence-corrected chi connectivity index (χ2v) is 4.91. The molecule has 0 radical (unpaired) electrons. The highest BCUT2D eigenvalue weighted by molar-refractivity contribution is 5.42. The van der Waals surface area contributed by atoms with E-state index in [9.17, 15) is 0 Å². The van der Waals surface area contributed by atoms with Crippen molar-refractivity contribution < 1.29 is 0 Å². The molecule has 0 spiro atoms. The third-order valence-electron chi connectivity index (χ3n) is 3.17. The number of benzene rings is 1. The Morgan fingerprint density at radius 1 is 1.32 bits per heavy atom. The van der Waals surface area contributed by atoms with Crippen LogP contribution in [0.2, 0.25) is 0 Å². The van der Waals surface area contributed by atoms with Gasteiger partial charge in [-0.1, -0.05) is 19.1 Å². The van der Waals surface area contributed by atoms with Gasteiger partial charge in [-0.05, 0) is 61.4 Å². The Morgan fingerprint density at radius 3 is 2.84 bits per heavy atom. The van der Waals surface area contributed by atoms with Crippen LogP contribution in [-0.4, -0.2) is 26.8 Å². The Hall–Kier alpha value is -1.75. The van der Waals surface area contributed by atoms with Crippen LogP contribution in [-0.2, 0) is 0 Å². The summed E-state index contributed by atoms with van der Waals surface area (Å²) in [5.41, 5.74) is 3.42. The van der Waals surface area contributed by atoms with Crippen LogP contribution in [0.5, 0.6) is 0 Å². The molecule has 2 aromatic rings. The molecule has 1 aromatic carbocycles. The van der Waals surface area contributed by atoms with Crippen molar-refractivity contribution >= 4 is 0 Å². The number of aryl methyl sites for hydroxylation is 2. The van der Waals surface area contributed by atoms with Gasteiger partial charge in [0.2, 0.25) is 0 Å². The molecule has 1 atom stereocenters. The summed E-state index contributed by atoms with van der Waals surface area (Å²) < 4.78 is 1.83. The fourth-order valence-electron chi connectivity index (χ4n) is 2.04. The van der Waals surface area contributed by atoms with Crippen LogP contribution in [0.15, 0.2) is 18.2 Å². The number of nitrogens with one attached hydrogen (secondary N) is 1. The summed E-state index contributed by atoms with van der Waals surface area (Å²) in [6, 6.07) is 6.44. The van der Waals surface area contributed by atoms with Gasteiger partial charge in [0.25, 0.3) is 0 Å². The molecular weight excluding hydrogens is 238 g/mol. The zero-order valence-electron chi connectivity index (χ0n) is 12.0. The van der Waals surface area contributed by atoms with E-state index >= 15 is 0 Å². The molecule has 0 aliphatic carbocycles. The van der Waals surface area contributed by atoms with Gasteiger partial charge in [-0.2, -0.15) is 4.68 Å². The first-order valence-electron chi connectivity index (χ1n) is 6.72. The number of aromatic nitrogens is 4. The van der Waals surface area contributed by atoms with Crippen molar-refractivity contribution in [3.8, 4) is 5.69 Å². The summed E-state index contributed by atoms with van der Waals surface area (Å²) in [6.45, 7) is 9.34. The minimum atomic E-state index is 0.134. The standard InChI is InChI=1S/C14H21N5/c1-5-8-15-12(4)14-16-17-18-19(14)13-9-10(2)6-7-11(13)3/h6-7,9,12,15H,5,8H2,1-4H3. The summed E-state index contributed by atoms with van der Waals surface area (Å²) in [6.07, 6.45) is 1.09. The lowest BCUT2D eigenvalue weighted by molar-refractivity contribution is 0.531. The van der Waals surface area contributed by atoms with Crippen LogP contribution in [0.3, 0.4) is 0 Å². The third-order valence-corrected chi connectivity index (χ3v) is 3.17. The van der Waals surface area contributed by atoms with Crippen molar-refractivity contribution in [3.05, 3.63) is 35.2 Å². The van der Waals surface area contributed by atoms with Gasteiger partial charge in [0.1, 0.15) is 0 Å².